The molecular weight excluding hydrogens is 851 g/mol. The van der Waals surface area contributed by atoms with Crippen LogP contribution in [0, 0.1) is 34.0 Å². The molecule has 0 bridgehead atoms. The van der Waals surface area contributed by atoms with E-state index in [1.54, 1.807) is 53.9 Å². The lowest BCUT2D eigenvalue weighted by atomic mass is 9.40. The van der Waals surface area contributed by atoms with E-state index < -0.39 is 97.2 Å². The molecule has 1 N–H and O–H groups in total. The Kier molecular flexibility index (Phi) is 10.2. The van der Waals surface area contributed by atoms with Crippen LogP contribution in [0.25, 0.3) is 0 Å². The minimum atomic E-state index is -1.43. The summed E-state index contributed by atoms with van der Waals surface area (Å²) in [4.78, 5) is 54.4. The first-order valence-electron chi connectivity index (χ1n) is 20.0. The first-order chi connectivity index (χ1) is 26.1. The van der Waals surface area contributed by atoms with Crippen LogP contribution in [0.15, 0.2) is 35.6 Å². The molecule has 3 saturated heterocycles. The highest BCUT2D eigenvalue weighted by Gasteiger charge is 2.84. The molecule has 0 aromatic rings. The fourth-order valence-corrected chi connectivity index (χ4v) is 12.5. The molecule has 0 aromatic carbocycles. The molecule has 0 aromatic heterocycles. The molecule has 14 heteroatoms. The van der Waals surface area contributed by atoms with Gasteiger partial charge in [-0.25, -0.2) is 0 Å². The Bertz CT molecular complexity index is 1850. The van der Waals surface area contributed by atoms with E-state index >= 15 is 0 Å². The number of ketones is 3. The van der Waals surface area contributed by atoms with Gasteiger partial charge in [-0.2, -0.15) is 0 Å². The van der Waals surface area contributed by atoms with Gasteiger partial charge in [-0.1, -0.05) is 25.5 Å². The maximum atomic E-state index is 15.0. The molecule has 3 heterocycles. The van der Waals surface area contributed by atoms with Crippen LogP contribution in [0.4, 0.5) is 0 Å². The minimum absolute atomic E-state index is 0.000448. The van der Waals surface area contributed by atoms with E-state index in [0.29, 0.717) is 12.8 Å². The third-order valence-electron chi connectivity index (χ3n) is 14.4. The standard InChI is InChI=1S/C43H59IO13/c1-21(45)53-36(2,3)17-16-27(47)42(12)32-25(51-35-31-29(54-39(8,9)56-31)30(34(44)52-35)55-38(6,7)50-13)19-40(10)26-15-14-22-23(18-24(46)33(49)37(22,4)5)41(26,11)28(48)20-43(32,40)57-42/h14,16-18,23,25-26,29-32,34-35,46H,15,19-20H2,1-13H3/b17-16+/t23-,25-,26+,29+,30+,31-,32-,34+,35+,40+,41+,42+,43+/m1/s1. The number of aliphatic hydroxyl groups excluding tert-OH is 1. The average Bonchev–Trinajstić information content (AvgIpc) is 3.51. The van der Waals surface area contributed by atoms with Gasteiger partial charge in [0.25, 0.3) is 0 Å². The van der Waals surface area contributed by atoms with E-state index in [4.69, 9.17) is 37.9 Å². The molecule has 0 amide bonds. The second-order valence-electron chi connectivity index (χ2n) is 19.7. The third kappa shape index (κ3) is 6.39. The highest BCUT2D eigenvalue weighted by Crippen LogP contribution is 2.76. The third-order valence-corrected chi connectivity index (χ3v) is 15.4. The highest BCUT2D eigenvalue weighted by atomic mass is 127. The summed E-state index contributed by atoms with van der Waals surface area (Å²) >= 11 is 2.18. The van der Waals surface area contributed by atoms with Gasteiger partial charge >= 0.3 is 5.97 Å². The van der Waals surface area contributed by atoms with Crippen molar-refractivity contribution in [1.82, 2.24) is 0 Å². The SMILES string of the molecule is COC(C)(C)O[C@H]1[C@@H]2OC(C)(C)O[C@H]2[C@@H](O[C@@H]2C[C@@]3(C)[C@@H]4CC=C5[C@@H](C=C(O)C(=O)C5(C)C)[C@]4(C)C(=O)C[C@@]34O[C@@](C)(C(=O)/C=C/C(C)(C)OC(C)=O)[C@@H]24)O[C@@H]1I. The first-order valence-corrected chi connectivity index (χ1v) is 21.2. The minimum Gasteiger partial charge on any atom is -0.505 e. The van der Waals surface area contributed by atoms with E-state index in [9.17, 15) is 24.3 Å². The number of Topliss-reactive ketones (excluding diaryl/α,β-unsaturated/α-hetero) is 2. The number of halogens is 1. The summed E-state index contributed by atoms with van der Waals surface area (Å²) < 4.78 is 50.5. The van der Waals surface area contributed by atoms with Crippen LogP contribution >= 0.6 is 22.6 Å². The summed E-state index contributed by atoms with van der Waals surface area (Å²) in [5.41, 5.74) is -5.45. The summed E-state index contributed by atoms with van der Waals surface area (Å²) in [6, 6.07) is 0. The number of allylic oxidation sites excluding steroid dienone is 4. The number of ether oxygens (including phenoxy) is 8. The van der Waals surface area contributed by atoms with E-state index in [2.05, 4.69) is 35.6 Å². The topological polar surface area (TPSA) is 162 Å². The number of hydrogen-bond acceptors (Lipinski definition) is 13. The number of hydrogen-bond donors (Lipinski definition) is 1. The van der Waals surface area contributed by atoms with Gasteiger partial charge in [0, 0.05) is 37.2 Å². The second kappa shape index (κ2) is 13.5. The van der Waals surface area contributed by atoms with Gasteiger partial charge < -0.3 is 43.0 Å². The highest BCUT2D eigenvalue weighted by molar-refractivity contribution is 14.1. The average molecular weight is 911 g/mol. The van der Waals surface area contributed by atoms with Gasteiger partial charge in [0.05, 0.1) is 23.0 Å². The van der Waals surface area contributed by atoms with Crippen LogP contribution in [0.5, 0.6) is 0 Å². The molecule has 4 aliphatic carbocycles. The summed E-state index contributed by atoms with van der Waals surface area (Å²) in [5.74, 6) is -4.95. The van der Waals surface area contributed by atoms with Gasteiger partial charge in [-0.05, 0) is 122 Å². The Labute approximate surface area is 349 Å². The lowest BCUT2D eigenvalue weighted by molar-refractivity contribution is -0.358. The molecule has 316 valence electrons. The Hall–Kier alpha value is -2.05. The zero-order chi connectivity index (χ0) is 42.3. The van der Waals surface area contributed by atoms with Crippen molar-refractivity contribution < 1.29 is 62.2 Å². The molecule has 7 rings (SSSR count). The lowest BCUT2D eigenvalue weighted by Gasteiger charge is -2.69. The number of rotatable bonds is 9. The van der Waals surface area contributed by atoms with Crippen molar-refractivity contribution in [2.75, 3.05) is 7.11 Å². The number of esters is 1. The Morgan fingerprint density at radius 3 is 2.30 bits per heavy atom. The summed E-state index contributed by atoms with van der Waals surface area (Å²) in [6.45, 7) is 21.4. The second-order valence-corrected chi connectivity index (χ2v) is 20.9. The summed E-state index contributed by atoms with van der Waals surface area (Å²) in [5, 5.41) is 10.9. The Balaban J connectivity index is 1.29. The van der Waals surface area contributed by atoms with E-state index in [1.807, 2.05) is 34.6 Å². The fourth-order valence-electron chi connectivity index (χ4n) is 11.6. The summed E-state index contributed by atoms with van der Waals surface area (Å²) in [7, 11) is 1.57. The van der Waals surface area contributed by atoms with E-state index in [0.717, 1.165) is 5.57 Å². The molecule has 0 unspecified atom stereocenters. The monoisotopic (exact) mass is 910 g/mol. The van der Waals surface area contributed by atoms with Gasteiger partial charge in [0.1, 0.15) is 39.4 Å². The normalized spacial score (nSPS) is 44.5. The maximum absolute atomic E-state index is 15.0. The van der Waals surface area contributed by atoms with Crippen LogP contribution in [0.1, 0.15) is 102 Å². The Morgan fingerprint density at radius 1 is 1.02 bits per heavy atom. The molecule has 7 aliphatic rings. The van der Waals surface area contributed by atoms with Gasteiger partial charge in [-0.15, -0.1) is 0 Å². The van der Waals surface area contributed by atoms with Crippen molar-refractivity contribution in [2.45, 2.75) is 166 Å². The number of aliphatic hydroxyl groups is 1. The predicted molar refractivity (Wildman–Crippen MR) is 213 cm³/mol. The summed E-state index contributed by atoms with van der Waals surface area (Å²) in [6.07, 6.45) is 3.99. The fraction of sp³-hybridized carbons (Fsp3) is 0.767. The van der Waals surface area contributed by atoms with Crippen molar-refractivity contribution in [3.63, 3.8) is 0 Å². The van der Waals surface area contributed by atoms with E-state index in [1.165, 1.54) is 13.0 Å². The van der Waals surface area contributed by atoms with Crippen LogP contribution in [-0.2, 0) is 57.1 Å². The van der Waals surface area contributed by atoms with Crippen molar-refractivity contribution in [3.8, 4) is 0 Å². The van der Waals surface area contributed by atoms with Crippen LogP contribution in [-0.4, -0.2) is 98.7 Å². The molecule has 1 spiro atoms. The quantitative estimate of drug-likeness (QED) is 0.0678. The first kappa shape index (κ1) is 43.1. The maximum Gasteiger partial charge on any atom is 0.303 e. The van der Waals surface area contributed by atoms with Crippen molar-refractivity contribution in [1.29, 1.82) is 0 Å². The molecule has 0 radical (unpaired) electrons. The van der Waals surface area contributed by atoms with Crippen molar-refractivity contribution in [3.05, 3.63) is 35.6 Å². The zero-order valence-corrected chi connectivity index (χ0v) is 37.5. The Morgan fingerprint density at radius 2 is 1.67 bits per heavy atom. The molecular formula is C43H59IO13. The molecule has 5 fully saturated rings. The number of alkyl halides is 1. The smallest absolute Gasteiger partial charge is 0.303 e. The predicted octanol–water partition coefficient (Wildman–Crippen LogP) is 6.39. The zero-order valence-electron chi connectivity index (χ0n) is 35.4. The number of fused-ring (bicyclic) bond motifs is 5. The lowest BCUT2D eigenvalue weighted by Crippen LogP contribution is -2.78. The number of carbonyl (C=O) groups excluding carboxylic acids is 4. The van der Waals surface area contributed by atoms with Gasteiger partial charge in [0.2, 0.25) is 5.78 Å². The molecule has 57 heavy (non-hydrogen) atoms. The van der Waals surface area contributed by atoms with Crippen LogP contribution in [0.3, 0.4) is 0 Å². The molecule has 3 aliphatic heterocycles. The van der Waals surface area contributed by atoms with Gasteiger partial charge in [0.15, 0.2) is 29.4 Å². The number of carbonyl (C=O) groups is 4. The van der Waals surface area contributed by atoms with Crippen molar-refractivity contribution in [2.24, 2.45) is 34.0 Å². The molecule has 2 saturated carbocycles. The largest absolute Gasteiger partial charge is 0.505 e. The molecule has 13 atom stereocenters. The van der Waals surface area contributed by atoms with Crippen molar-refractivity contribution >= 4 is 45.9 Å². The van der Waals surface area contributed by atoms with Gasteiger partial charge in [-0.3, -0.25) is 19.2 Å². The van der Waals surface area contributed by atoms with Crippen LogP contribution in [0.2, 0.25) is 0 Å². The molecule has 13 nitrogen and oxygen atoms in total. The number of methoxy groups -OCH3 is 1. The van der Waals surface area contributed by atoms with Crippen LogP contribution < -0.4 is 0 Å². The van der Waals surface area contributed by atoms with E-state index in [-0.39, 0.29) is 35.4 Å².